The predicted molar refractivity (Wildman–Crippen MR) is 109 cm³/mol. The Bertz CT molecular complexity index is 1080. The van der Waals surface area contributed by atoms with Gasteiger partial charge in [-0.2, -0.15) is 0 Å². The van der Waals surface area contributed by atoms with E-state index in [1.54, 1.807) is 24.3 Å². The van der Waals surface area contributed by atoms with Crippen LogP contribution in [0.4, 0.5) is 5.69 Å². The highest BCUT2D eigenvalue weighted by atomic mass is 35.5. The van der Waals surface area contributed by atoms with E-state index in [9.17, 15) is 8.42 Å². The Hall–Kier alpha value is -2.11. The second kappa shape index (κ2) is 7.13. The lowest BCUT2D eigenvalue weighted by atomic mass is 9.99. The van der Waals surface area contributed by atoms with Crippen molar-refractivity contribution in [3.63, 3.8) is 0 Å². The van der Waals surface area contributed by atoms with Gasteiger partial charge in [-0.1, -0.05) is 36.7 Å². The summed E-state index contributed by atoms with van der Waals surface area (Å²) in [4.78, 5) is 7.14. The Morgan fingerprint density at radius 3 is 2.59 bits per heavy atom. The van der Waals surface area contributed by atoms with Crippen LogP contribution in [0.25, 0.3) is 10.9 Å². The number of halogens is 1. The monoisotopic (exact) mass is 400 g/mol. The van der Waals surface area contributed by atoms with Crippen LogP contribution in [-0.4, -0.2) is 26.5 Å². The standard InChI is InChI=1S/C21H21ClN2O2S/c1-15-5-4-12-24(14-15)21-18-6-2-3-7-19(18)23-13-20(21)27(25,26)17-10-8-16(22)9-11-17/h2-3,6-11,13,15H,4-5,12,14H2,1H3/t15-/m1/s1. The molecule has 0 unspecified atom stereocenters. The van der Waals surface area contributed by atoms with Gasteiger partial charge in [0.15, 0.2) is 0 Å². The highest BCUT2D eigenvalue weighted by Gasteiger charge is 2.28. The van der Waals surface area contributed by atoms with E-state index in [1.807, 2.05) is 24.3 Å². The Balaban J connectivity index is 1.95. The maximum atomic E-state index is 13.4. The van der Waals surface area contributed by atoms with Crippen molar-refractivity contribution in [1.29, 1.82) is 0 Å². The molecular weight excluding hydrogens is 380 g/mol. The van der Waals surface area contributed by atoms with Crippen LogP contribution in [0.2, 0.25) is 5.02 Å². The lowest BCUT2D eigenvalue weighted by molar-refractivity contribution is 0.446. The molecule has 0 aliphatic carbocycles. The van der Waals surface area contributed by atoms with Crippen molar-refractivity contribution in [2.45, 2.75) is 29.6 Å². The third-order valence-corrected chi connectivity index (χ3v) is 7.12. The molecule has 0 radical (unpaired) electrons. The molecule has 1 aromatic heterocycles. The number of pyridine rings is 1. The highest BCUT2D eigenvalue weighted by Crippen LogP contribution is 2.37. The number of piperidine rings is 1. The molecule has 0 spiro atoms. The fraction of sp³-hybridized carbons (Fsp3) is 0.286. The first kappa shape index (κ1) is 18.3. The quantitative estimate of drug-likeness (QED) is 0.623. The Labute approximate surface area is 164 Å². The van der Waals surface area contributed by atoms with Gasteiger partial charge >= 0.3 is 0 Å². The topological polar surface area (TPSA) is 50.3 Å². The number of para-hydroxylation sites is 1. The number of nitrogens with zero attached hydrogens (tertiary/aromatic N) is 2. The maximum absolute atomic E-state index is 13.4. The molecule has 0 N–H and O–H groups in total. The zero-order valence-electron chi connectivity index (χ0n) is 15.1. The lowest BCUT2D eigenvalue weighted by Gasteiger charge is -2.34. The van der Waals surface area contributed by atoms with Crippen LogP contribution in [0, 0.1) is 5.92 Å². The van der Waals surface area contributed by atoms with Crippen molar-refractivity contribution >= 4 is 38.0 Å². The molecule has 0 bridgehead atoms. The molecule has 0 saturated carbocycles. The average Bonchev–Trinajstić information content (AvgIpc) is 2.67. The minimum Gasteiger partial charge on any atom is -0.370 e. The SMILES string of the molecule is C[C@@H]1CCCN(c2c(S(=O)(=O)c3ccc(Cl)cc3)cnc3ccccc23)C1. The minimum atomic E-state index is -3.71. The zero-order chi connectivity index (χ0) is 19.0. The van der Waals surface area contributed by atoms with Crippen molar-refractivity contribution in [1.82, 2.24) is 4.98 Å². The molecule has 1 fully saturated rings. The van der Waals surface area contributed by atoms with E-state index in [2.05, 4.69) is 16.8 Å². The van der Waals surface area contributed by atoms with Gasteiger partial charge in [0.25, 0.3) is 0 Å². The summed E-state index contributed by atoms with van der Waals surface area (Å²) >= 11 is 5.94. The molecule has 1 aliphatic heterocycles. The summed E-state index contributed by atoms with van der Waals surface area (Å²) in [5, 5.41) is 1.39. The van der Waals surface area contributed by atoms with E-state index in [-0.39, 0.29) is 9.79 Å². The summed E-state index contributed by atoms with van der Waals surface area (Å²) < 4.78 is 26.8. The summed E-state index contributed by atoms with van der Waals surface area (Å²) in [5.74, 6) is 0.525. The lowest BCUT2D eigenvalue weighted by Crippen LogP contribution is -2.35. The molecule has 6 heteroatoms. The highest BCUT2D eigenvalue weighted by molar-refractivity contribution is 7.91. The fourth-order valence-electron chi connectivity index (χ4n) is 3.76. The van der Waals surface area contributed by atoms with Gasteiger partial charge < -0.3 is 4.90 Å². The van der Waals surface area contributed by atoms with Crippen molar-refractivity contribution in [2.75, 3.05) is 18.0 Å². The summed E-state index contributed by atoms with van der Waals surface area (Å²) in [5.41, 5.74) is 1.57. The number of benzene rings is 2. The van der Waals surface area contributed by atoms with Crippen LogP contribution < -0.4 is 4.90 Å². The zero-order valence-corrected chi connectivity index (χ0v) is 16.7. The number of sulfone groups is 1. The maximum Gasteiger partial charge on any atom is 0.210 e. The Morgan fingerprint density at radius 2 is 1.85 bits per heavy atom. The molecule has 2 heterocycles. The summed E-state index contributed by atoms with van der Waals surface area (Å²) in [7, 11) is -3.71. The number of aromatic nitrogens is 1. The number of hydrogen-bond donors (Lipinski definition) is 0. The van der Waals surface area contributed by atoms with Crippen molar-refractivity contribution in [3.05, 3.63) is 59.8 Å². The Kier molecular flexibility index (Phi) is 4.82. The van der Waals surface area contributed by atoms with Crippen LogP contribution in [0.15, 0.2) is 64.5 Å². The van der Waals surface area contributed by atoms with Crippen LogP contribution >= 0.6 is 11.6 Å². The molecule has 4 rings (SSSR count). The normalized spacial score (nSPS) is 18.0. The number of anilines is 1. The van der Waals surface area contributed by atoms with Gasteiger partial charge in [-0.3, -0.25) is 4.98 Å². The van der Waals surface area contributed by atoms with Crippen LogP contribution in [-0.2, 0) is 9.84 Å². The third-order valence-electron chi connectivity index (χ3n) is 5.10. The van der Waals surface area contributed by atoms with Gasteiger partial charge in [0.05, 0.1) is 16.1 Å². The molecule has 0 amide bonds. The number of rotatable bonds is 3. The molecule has 140 valence electrons. The van der Waals surface area contributed by atoms with E-state index < -0.39 is 9.84 Å². The van der Waals surface area contributed by atoms with Crippen molar-refractivity contribution < 1.29 is 8.42 Å². The smallest absolute Gasteiger partial charge is 0.210 e. The Morgan fingerprint density at radius 1 is 1.11 bits per heavy atom. The second-order valence-corrected chi connectivity index (χ2v) is 9.49. The van der Waals surface area contributed by atoms with Crippen LogP contribution in [0.1, 0.15) is 19.8 Å². The van der Waals surface area contributed by atoms with Gasteiger partial charge in [0.2, 0.25) is 9.84 Å². The summed E-state index contributed by atoms with van der Waals surface area (Å²) in [6.45, 7) is 3.90. The largest absolute Gasteiger partial charge is 0.370 e. The molecule has 1 saturated heterocycles. The number of hydrogen-bond acceptors (Lipinski definition) is 4. The first-order valence-electron chi connectivity index (χ1n) is 9.10. The van der Waals surface area contributed by atoms with Crippen LogP contribution in [0.3, 0.4) is 0 Å². The molecule has 27 heavy (non-hydrogen) atoms. The minimum absolute atomic E-state index is 0.232. The van der Waals surface area contributed by atoms with Gasteiger partial charge in [-0.15, -0.1) is 0 Å². The molecule has 1 aliphatic rings. The second-order valence-electron chi connectivity index (χ2n) is 7.14. The van der Waals surface area contributed by atoms with Gasteiger partial charge in [-0.05, 0) is 49.1 Å². The van der Waals surface area contributed by atoms with Crippen LogP contribution in [0.5, 0.6) is 0 Å². The van der Waals surface area contributed by atoms with E-state index in [1.165, 1.54) is 12.6 Å². The van der Waals surface area contributed by atoms with E-state index in [0.29, 0.717) is 10.9 Å². The third kappa shape index (κ3) is 3.42. The van der Waals surface area contributed by atoms with Gasteiger partial charge in [0, 0.05) is 29.7 Å². The van der Waals surface area contributed by atoms with Gasteiger partial charge in [-0.25, -0.2) is 8.42 Å². The van der Waals surface area contributed by atoms with E-state index >= 15 is 0 Å². The molecular formula is C21H21ClN2O2S. The van der Waals surface area contributed by atoms with Gasteiger partial charge in [0.1, 0.15) is 4.90 Å². The number of fused-ring (bicyclic) bond motifs is 1. The molecule has 1 atom stereocenters. The summed E-state index contributed by atoms with van der Waals surface area (Å²) in [6.07, 6.45) is 3.72. The molecule has 4 nitrogen and oxygen atoms in total. The van der Waals surface area contributed by atoms with Crippen molar-refractivity contribution in [3.8, 4) is 0 Å². The van der Waals surface area contributed by atoms with E-state index in [0.717, 1.165) is 36.1 Å². The van der Waals surface area contributed by atoms with Crippen molar-refractivity contribution in [2.24, 2.45) is 5.92 Å². The predicted octanol–water partition coefficient (Wildman–Crippen LogP) is 4.96. The molecule has 3 aromatic rings. The fourth-order valence-corrected chi connectivity index (χ4v) is 5.32. The molecule has 2 aromatic carbocycles. The first-order chi connectivity index (χ1) is 13.0. The van der Waals surface area contributed by atoms with E-state index in [4.69, 9.17) is 11.6 Å². The first-order valence-corrected chi connectivity index (χ1v) is 11.0. The summed E-state index contributed by atoms with van der Waals surface area (Å²) in [6, 6.07) is 14.0. The average molecular weight is 401 g/mol.